The van der Waals surface area contributed by atoms with Crippen molar-refractivity contribution in [1.29, 1.82) is 0 Å². The minimum atomic E-state index is 0. The smallest absolute Gasteiger partial charge is 0.0155 e. The van der Waals surface area contributed by atoms with E-state index in [0.717, 1.165) is 23.9 Å². The van der Waals surface area contributed by atoms with Gasteiger partial charge in [-0.15, -0.1) is 0 Å². The average Bonchev–Trinajstić information content (AvgIpc) is 2.68. The molecule has 0 spiro atoms. The zero-order chi connectivity index (χ0) is 23.6. The highest BCUT2D eigenvalue weighted by molar-refractivity contribution is 4.87. The van der Waals surface area contributed by atoms with Crippen LogP contribution >= 0.6 is 0 Å². The SMILES string of the molecule is C.CC(C)N1CCCCC1(C)C.CC(C)N1CCC[C@@H](C)C1.CC(C)N1CCC[C@H](C)C1. The zero-order valence-corrected chi connectivity index (χ0v) is 23.2. The Balaban J connectivity index is 0.000000444. The summed E-state index contributed by atoms with van der Waals surface area (Å²) >= 11 is 0. The molecule has 0 N–H and O–H groups in total. The van der Waals surface area contributed by atoms with Crippen molar-refractivity contribution in [3.8, 4) is 0 Å². The lowest BCUT2D eigenvalue weighted by molar-refractivity contribution is 0.0470. The molecule has 3 heterocycles. The summed E-state index contributed by atoms with van der Waals surface area (Å²) in [5.74, 6) is 1.85. The van der Waals surface area contributed by atoms with Crippen molar-refractivity contribution in [2.75, 3.05) is 32.7 Å². The molecule has 2 atom stereocenters. The van der Waals surface area contributed by atoms with Crippen molar-refractivity contribution in [1.82, 2.24) is 14.7 Å². The molecule has 0 radical (unpaired) electrons. The van der Waals surface area contributed by atoms with E-state index in [1.54, 1.807) is 0 Å². The maximum Gasteiger partial charge on any atom is 0.0155 e. The fourth-order valence-electron chi connectivity index (χ4n) is 5.63. The van der Waals surface area contributed by atoms with E-state index >= 15 is 0 Å². The average molecular weight is 454 g/mol. The van der Waals surface area contributed by atoms with E-state index in [1.165, 1.54) is 77.7 Å². The van der Waals surface area contributed by atoms with Crippen molar-refractivity contribution < 1.29 is 0 Å². The summed E-state index contributed by atoms with van der Waals surface area (Å²) in [6.07, 6.45) is 9.84. The first kappa shape index (κ1) is 31.9. The Morgan fingerprint density at radius 1 is 0.625 bits per heavy atom. The van der Waals surface area contributed by atoms with E-state index in [4.69, 9.17) is 0 Å². The van der Waals surface area contributed by atoms with E-state index in [0.29, 0.717) is 11.6 Å². The van der Waals surface area contributed by atoms with E-state index in [9.17, 15) is 0 Å². The van der Waals surface area contributed by atoms with Crippen LogP contribution in [0.15, 0.2) is 0 Å². The Morgan fingerprint density at radius 3 is 1.31 bits per heavy atom. The molecule has 32 heavy (non-hydrogen) atoms. The van der Waals surface area contributed by atoms with Gasteiger partial charge in [0, 0.05) is 36.8 Å². The minimum Gasteiger partial charge on any atom is -0.301 e. The van der Waals surface area contributed by atoms with Gasteiger partial charge in [-0.05, 0) is 125 Å². The Hall–Kier alpha value is -0.120. The molecule has 0 aliphatic carbocycles. The highest BCUT2D eigenvalue weighted by atomic mass is 15.2. The van der Waals surface area contributed by atoms with Crippen LogP contribution in [0.5, 0.6) is 0 Å². The first-order valence-electron chi connectivity index (χ1n) is 13.7. The number of hydrogen-bond donors (Lipinski definition) is 0. The molecule has 194 valence electrons. The summed E-state index contributed by atoms with van der Waals surface area (Å²) in [5.41, 5.74) is 0.451. The van der Waals surface area contributed by atoms with Crippen LogP contribution in [0.1, 0.15) is 122 Å². The van der Waals surface area contributed by atoms with Crippen LogP contribution in [0, 0.1) is 11.8 Å². The van der Waals surface area contributed by atoms with Crippen molar-refractivity contribution in [3.63, 3.8) is 0 Å². The van der Waals surface area contributed by atoms with E-state index in [2.05, 4.69) is 83.9 Å². The second-order valence-electron chi connectivity index (χ2n) is 12.2. The molecular formula is C29H63N3. The molecule has 3 aliphatic heterocycles. The molecule has 0 amide bonds. The van der Waals surface area contributed by atoms with Crippen LogP contribution in [0.2, 0.25) is 0 Å². The topological polar surface area (TPSA) is 9.72 Å². The Labute approximate surface area is 204 Å². The van der Waals surface area contributed by atoms with Crippen LogP contribution < -0.4 is 0 Å². The molecule has 0 saturated carbocycles. The first-order valence-corrected chi connectivity index (χ1v) is 13.7. The van der Waals surface area contributed by atoms with Crippen molar-refractivity contribution in [2.45, 2.75) is 145 Å². The first-order chi connectivity index (χ1) is 14.4. The lowest BCUT2D eigenvalue weighted by atomic mass is 9.89. The quantitative estimate of drug-likeness (QED) is 0.437. The summed E-state index contributed by atoms with van der Waals surface area (Å²) in [5, 5.41) is 0. The van der Waals surface area contributed by atoms with Crippen LogP contribution in [-0.4, -0.2) is 71.1 Å². The molecule has 3 heteroatoms. The molecule has 3 rings (SSSR count). The summed E-state index contributed by atoms with van der Waals surface area (Å²) in [7, 11) is 0. The maximum absolute atomic E-state index is 2.62. The highest BCUT2D eigenvalue weighted by Crippen LogP contribution is 2.28. The molecule has 0 aromatic carbocycles. The molecule has 0 unspecified atom stereocenters. The van der Waals surface area contributed by atoms with Crippen molar-refractivity contribution >= 4 is 0 Å². The Kier molecular flexibility index (Phi) is 15.7. The summed E-state index contributed by atoms with van der Waals surface area (Å²) < 4.78 is 0. The molecule has 0 aromatic heterocycles. The highest BCUT2D eigenvalue weighted by Gasteiger charge is 2.30. The predicted molar refractivity (Wildman–Crippen MR) is 147 cm³/mol. The van der Waals surface area contributed by atoms with Crippen LogP contribution in [0.25, 0.3) is 0 Å². The molecule has 0 bridgehead atoms. The van der Waals surface area contributed by atoms with Crippen molar-refractivity contribution in [3.05, 3.63) is 0 Å². The van der Waals surface area contributed by atoms with Gasteiger partial charge in [0.1, 0.15) is 0 Å². The predicted octanol–water partition coefficient (Wildman–Crippen LogP) is 7.55. The Morgan fingerprint density at radius 2 is 1.06 bits per heavy atom. The monoisotopic (exact) mass is 454 g/mol. The third-order valence-corrected chi connectivity index (χ3v) is 7.68. The molecule has 3 fully saturated rings. The maximum atomic E-state index is 2.62. The standard InChI is InChI=1S/C10H21N.2C9H19N.CH4/c1-9(2)11-8-6-5-7-10(11,3)4;2*1-8(2)10-6-4-5-9(3)7-10;/h9H,5-8H2,1-4H3;2*8-9H,4-7H2,1-3H3;1H4/t;2*9-;/m.10./s1. The van der Waals surface area contributed by atoms with Gasteiger partial charge in [-0.25, -0.2) is 0 Å². The zero-order valence-electron chi connectivity index (χ0n) is 23.2. The van der Waals surface area contributed by atoms with Gasteiger partial charge in [0.05, 0.1) is 0 Å². The summed E-state index contributed by atoms with van der Waals surface area (Å²) in [6, 6.07) is 2.22. The van der Waals surface area contributed by atoms with Crippen LogP contribution in [-0.2, 0) is 0 Å². The fraction of sp³-hybridized carbons (Fsp3) is 1.00. The van der Waals surface area contributed by atoms with Gasteiger partial charge in [-0.1, -0.05) is 27.7 Å². The third-order valence-electron chi connectivity index (χ3n) is 7.68. The second-order valence-corrected chi connectivity index (χ2v) is 12.2. The number of hydrogen-bond acceptors (Lipinski definition) is 3. The fourth-order valence-corrected chi connectivity index (χ4v) is 5.63. The van der Waals surface area contributed by atoms with Gasteiger partial charge in [-0.2, -0.15) is 0 Å². The lowest BCUT2D eigenvalue weighted by Gasteiger charge is -2.45. The number of rotatable bonds is 3. The van der Waals surface area contributed by atoms with E-state index in [-0.39, 0.29) is 7.43 Å². The minimum absolute atomic E-state index is 0. The summed E-state index contributed by atoms with van der Waals surface area (Å²) in [4.78, 5) is 7.78. The summed E-state index contributed by atoms with van der Waals surface area (Å²) in [6.45, 7) is 29.8. The normalized spacial score (nSPS) is 27.3. The van der Waals surface area contributed by atoms with Gasteiger partial charge in [-0.3, -0.25) is 4.90 Å². The Bertz CT molecular complexity index is 431. The van der Waals surface area contributed by atoms with Gasteiger partial charge in [0.25, 0.3) is 0 Å². The molecule has 3 nitrogen and oxygen atoms in total. The lowest BCUT2D eigenvalue weighted by Crippen LogP contribution is -2.50. The number of likely N-dealkylation sites (tertiary alicyclic amines) is 3. The number of nitrogens with zero attached hydrogens (tertiary/aromatic N) is 3. The largest absolute Gasteiger partial charge is 0.301 e. The van der Waals surface area contributed by atoms with E-state index < -0.39 is 0 Å². The van der Waals surface area contributed by atoms with Gasteiger partial charge >= 0.3 is 0 Å². The molecule has 3 saturated heterocycles. The van der Waals surface area contributed by atoms with Gasteiger partial charge in [0.15, 0.2) is 0 Å². The van der Waals surface area contributed by atoms with Crippen molar-refractivity contribution in [2.24, 2.45) is 11.8 Å². The van der Waals surface area contributed by atoms with Gasteiger partial charge < -0.3 is 9.80 Å². The van der Waals surface area contributed by atoms with Crippen LogP contribution in [0.4, 0.5) is 0 Å². The number of piperidine rings is 3. The molecular weight excluding hydrogens is 390 g/mol. The molecule has 0 aromatic rings. The van der Waals surface area contributed by atoms with Gasteiger partial charge in [0.2, 0.25) is 0 Å². The third kappa shape index (κ3) is 11.8. The molecule has 3 aliphatic rings. The second kappa shape index (κ2) is 15.7. The van der Waals surface area contributed by atoms with E-state index in [1.807, 2.05) is 0 Å². The van der Waals surface area contributed by atoms with Crippen LogP contribution in [0.3, 0.4) is 0 Å².